The summed E-state index contributed by atoms with van der Waals surface area (Å²) in [5.74, 6) is 1.31. The molecule has 2 unspecified atom stereocenters. The fraction of sp³-hybridized carbons (Fsp3) is 0.321. The fourth-order valence-corrected chi connectivity index (χ4v) is 4.90. The summed E-state index contributed by atoms with van der Waals surface area (Å²) in [5.41, 5.74) is 3.92. The second kappa shape index (κ2) is 9.85. The molecular formula is C28H29FN2O3. The topological polar surface area (TPSA) is 50.8 Å². The molecule has 2 atom stereocenters. The van der Waals surface area contributed by atoms with Gasteiger partial charge >= 0.3 is 0 Å². The van der Waals surface area contributed by atoms with Crippen molar-refractivity contribution in [1.29, 1.82) is 0 Å². The average Bonchev–Trinajstić information content (AvgIpc) is 3.32. The predicted octanol–water partition coefficient (Wildman–Crippen LogP) is 4.78. The summed E-state index contributed by atoms with van der Waals surface area (Å²) in [4.78, 5) is 15.6. The van der Waals surface area contributed by atoms with E-state index in [2.05, 4.69) is 22.3 Å². The average molecular weight is 461 g/mol. The minimum Gasteiger partial charge on any atom is -0.454 e. The van der Waals surface area contributed by atoms with E-state index in [1.165, 1.54) is 11.6 Å². The monoisotopic (exact) mass is 460 g/mol. The number of amides is 1. The molecule has 2 aliphatic rings. The number of benzene rings is 3. The van der Waals surface area contributed by atoms with Gasteiger partial charge in [-0.15, -0.1) is 0 Å². The zero-order valence-corrected chi connectivity index (χ0v) is 19.3. The van der Waals surface area contributed by atoms with Crippen LogP contribution in [-0.4, -0.2) is 30.7 Å². The molecule has 1 saturated heterocycles. The van der Waals surface area contributed by atoms with E-state index in [4.69, 9.17) is 9.47 Å². The Hall–Kier alpha value is -3.38. The number of hydrogen-bond donors (Lipinski definition) is 1. The Kier molecular flexibility index (Phi) is 6.50. The number of aryl methyl sites for hydroxylation is 1. The number of halogens is 1. The van der Waals surface area contributed by atoms with E-state index in [-0.39, 0.29) is 30.4 Å². The number of hydrogen-bond acceptors (Lipinski definition) is 4. The summed E-state index contributed by atoms with van der Waals surface area (Å²) in [7, 11) is 0. The van der Waals surface area contributed by atoms with Gasteiger partial charge in [0, 0.05) is 26.2 Å². The van der Waals surface area contributed by atoms with Crippen molar-refractivity contribution in [2.24, 2.45) is 5.92 Å². The van der Waals surface area contributed by atoms with Crippen molar-refractivity contribution >= 4 is 5.91 Å². The summed E-state index contributed by atoms with van der Waals surface area (Å²) in [6.07, 6.45) is 0.739. The molecule has 3 aromatic carbocycles. The molecule has 2 heterocycles. The number of carbonyl (C=O) groups is 1. The maximum Gasteiger partial charge on any atom is 0.231 e. The molecule has 0 aliphatic carbocycles. The molecule has 176 valence electrons. The maximum atomic E-state index is 13.9. The van der Waals surface area contributed by atoms with Crippen LogP contribution < -0.4 is 14.8 Å². The zero-order chi connectivity index (χ0) is 23.5. The molecule has 5 rings (SSSR count). The summed E-state index contributed by atoms with van der Waals surface area (Å²) in [6.45, 7) is 4.77. The SMILES string of the molecule is Cc1cc(C2CC(C(=O)NCc3ccc4c(c3)OCO4)CN(Cc3ccccc3)C2)ccc1F. The van der Waals surface area contributed by atoms with Crippen LogP contribution in [0.15, 0.2) is 66.7 Å². The molecule has 1 fully saturated rings. The van der Waals surface area contributed by atoms with Crippen LogP contribution in [0.25, 0.3) is 0 Å². The van der Waals surface area contributed by atoms with E-state index in [9.17, 15) is 9.18 Å². The van der Waals surface area contributed by atoms with Crippen molar-refractivity contribution in [3.05, 3.63) is 94.8 Å². The third-order valence-corrected chi connectivity index (χ3v) is 6.70. The standard InChI is InChI=1S/C28H29FN2O3/c1-19-11-22(8-9-25(19)29)23-13-24(17-31(16-23)15-20-5-3-2-4-6-20)28(32)30-14-21-7-10-26-27(12-21)34-18-33-26/h2-12,23-24H,13-18H2,1H3,(H,30,32). The van der Waals surface area contributed by atoms with E-state index >= 15 is 0 Å². The highest BCUT2D eigenvalue weighted by Crippen LogP contribution is 2.34. The van der Waals surface area contributed by atoms with Gasteiger partial charge in [-0.3, -0.25) is 9.69 Å². The molecule has 6 heteroatoms. The van der Waals surface area contributed by atoms with Crippen LogP contribution in [-0.2, 0) is 17.9 Å². The van der Waals surface area contributed by atoms with E-state index in [0.29, 0.717) is 24.4 Å². The lowest BCUT2D eigenvalue weighted by atomic mass is 9.83. The first-order chi connectivity index (χ1) is 16.5. The van der Waals surface area contributed by atoms with Gasteiger partial charge in [-0.05, 0) is 59.7 Å². The Morgan fingerprint density at radius 2 is 1.82 bits per heavy atom. The molecule has 0 radical (unpaired) electrons. The van der Waals surface area contributed by atoms with Gasteiger partial charge in [0.25, 0.3) is 0 Å². The van der Waals surface area contributed by atoms with Gasteiger partial charge in [0.15, 0.2) is 11.5 Å². The highest BCUT2D eigenvalue weighted by atomic mass is 19.1. The van der Waals surface area contributed by atoms with Crippen molar-refractivity contribution in [3.63, 3.8) is 0 Å². The van der Waals surface area contributed by atoms with Gasteiger partial charge in [0.2, 0.25) is 12.7 Å². The molecule has 2 aliphatic heterocycles. The lowest BCUT2D eigenvalue weighted by Gasteiger charge is -2.37. The highest BCUT2D eigenvalue weighted by molar-refractivity contribution is 5.79. The van der Waals surface area contributed by atoms with Crippen LogP contribution in [0.5, 0.6) is 11.5 Å². The predicted molar refractivity (Wildman–Crippen MR) is 128 cm³/mol. The first kappa shape index (κ1) is 22.4. The number of nitrogens with zero attached hydrogens (tertiary/aromatic N) is 1. The molecule has 34 heavy (non-hydrogen) atoms. The van der Waals surface area contributed by atoms with Crippen LogP contribution in [0, 0.1) is 18.7 Å². The molecule has 0 spiro atoms. The smallest absolute Gasteiger partial charge is 0.231 e. The van der Waals surface area contributed by atoms with Crippen LogP contribution in [0.1, 0.15) is 34.6 Å². The van der Waals surface area contributed by atoms with Crippen molar-refractivity contribution in [2.75, 3.05) is 19.9 Å². The summed E-state index contributed by atoms with van der Waals surface area (Å²) in [5, 5.41) is 3.11. The van der Waals surface area contributed by atoms with Crippen LogP contribution >= 0.6 is 0 Å². The molecule has 0 aromatic heterocycles. The van der Waals surface area contributed by atoms with Crippen molar-refractivity contribution in [1.82, 2.24) is 10.2 Å². The van der Waals surface area contributed by atoms with E-state index in [1.807, 2.05) is 48.5 Å². The van der Waals surface area contributed by atoms with Gasteiger partial charge in [0.05, 0.1) is 5.92 Å². The molecule has 5 nitrogen and oxygen atoms in total. The van der Waals surface area contributed by atoms with E-state index in [0.717, 1.165) is 36.4 Å². The Balaban J connectivity index is 1.30. The quantitative estimate of drug-likeness (QED) is 0.575. The molecule has 0 bridgehead atoms. The maximum absolute atomic E-state index is 13.9. The summed E-state index contributed by atoms with van der Waals surface area (Å²) >= 11 is 0. The Labute approximate surface area is 199 Å². The lowest BCUT2D eigenvalue weighted by Crippen LogP contribution is -2.45. The minimum absolute atomic E-state index is 0.0410. The number of rotatable bonds is 6. The molecule has 0 saturated carbocycles. The van der Waals surface area contributed by atoms with Gasteiger partial charge < -0.3 is 14.8 Å². The Morgan fingerprint density at radius 3 is 2.65 bits per heavy atom. The second-order valence-electron chi connectivity index (χ2n) is 9.22. The molecule has 3 aromatic rings. The van der Waals surface area contributed by atoms with Crippen LogP contribution in [0.4, 0.5) is 4.39 Å². The zero-order valence-electron chi connectivity index (χ0n) is 19.3. The number of ether oxygens (including phenoxy) is 2. The van der Waals surface area contributed by atoms with Gasteiger partial charge in [-0.2, -0.15) is 0 Å². The Morgan fingerprint density at radius 1 is 1.00 bits per heavy atom. The highest BCUT2D eigenvalue weighted by Gasteiger charge is 2.32. The Bertz CT molecular complexity index is 1170. The largest absolute Gasteiger partial charge is 0.454 e. The normalized spacial score (nSPS) is 19.7. The number of nitrogens with one attached hydrogen (secondary N) is 1. The minimum atomic E-state index is -0.196. The number of piperidine rings is 1. The van der Waals surface area contributed by atoms with Gasteiger partial charge in [0.1, 0.15) is 5.82 Å². The first-order valence-electron chi connectivity index (χ1n) is 11.7. The van der Waals surface area contributed by atoms with Gasteiger partial charge in [-0.1, -0.05) is 48.5 Å². The molecular weight excluding hydrogens is 431 g/mol. The fourth-order valence-electron chi connectivity index (χ4n) is 4.90. The third-order valence-electron chi connectivity index (χ3n) is 6.70. The molecule has 1 N–H and O–H groups in total. The number of likely N-dealkylation sites (tertiary alicyclic amines) is 1. The van der Waals surface area contributed by atoms with Crippen LogP contribution in [0.2, 0.25) is 0 Å². The van der Waals surface area contributed by atoms with Crippen LogP contribution in [0.3, 0.4) is 0 Å². The summed E-state index contributed by atoms with van der Waals surface area (Å²) < 4.78 is 24.7. The van der Waals surface area contributed by atoms with E-state index in [1.54, 1.807) is 6.92 Å². The lowest BCUT2D eigenvalue weighted by molar-refractivity contribution is -0.127. The summed E-state index contributed by atoms with van der Waals surface area (Å²) in [6, 6.07) is 21.4. The van der Waals surface area contributed by atoms with Crippen molar-refractivity contribution < 1.29 is 18.7 Å². The second-order valence-corrected chi connectivity index (χ2v) is 9.22. The number of fused-ring (bicyclic) bond motifs is 1. The number of carbonyl (C=O) groups excluding carboxylic acids is 1. The molecule has 1 amide bonds. The first-order valence-corrected chi connectivity index (χ1v) is 11.7. The third kappa shape index (κ3) is 5.07. The van der Waals surface area contributed by atoms with Crippen molar-refractivity contribution in [3.8, 4) is 11.5 Å². The van der Waals surface area contributed by atoms with Crippen molar-refractivity contribution in [2.45, 2.75) is 32.4 Å². The van der Waals surface area contributed by atoms with E-state index < -0.39 is 0 Å². The van der Waals surface area contributed by atoms with Gasteiger partial charge in [-0.25, -0.2) is 4.39 Å².